The standard InChI is InChI=1S/C24H26ClN7O/c1-14(2)31-23(33)20-12-27-24(28-16-9-15-5-7-26-11-19(15)21(25)10-16)29-22(20)32(31)18-6-8-30(13-18)17-3-4-17/h6,8-10,12-14,17,26H,3-5,7,11H2,1-2H3,(H,27,28,29). The summed E-state index contributed by atoms with van der Waals surface area (Å²) < 4.78 is 5.89. The Kier molecular flexibility index (Phi) is 4.81. The molecule has 4 aromatic rings. The van der Waals surface area contributed by atoms with E-state index >= 15 is 0 Å². The fourth-order valence-corrected chi connectivity index (χ4v) is 4.96. The molecule has 9 heteroatoms. The van der Waals surface area contributed by atoms with Gasteiger partial charge < -0.3 is 15.2 Å². The van der Waals surface area contributed by atoms with Crippen LogP contribution in [-0.2, 0) is 13.0 Å². The summed E-state index contributed by atoms with van der Waals surface area (Å²) in [5.41, 5.74) is 4.65. The number of benzene rings is 1. The van der Waals surface area contributed by atoms with Crippen LogP contribution < -0.4 is 16.2 Å². The highest BCUT2D eigenvalue weighted by molar-refractivity contribution is 6.31. The first kappa shape index (κ1) is 20.5. The zero-order valence-electron chi connectivity index (χ0n) is 18.7. The average molecular weight is 464 g/mol. The molecule has 1 fully saturated rings. The third-order valence-electron chi connectivity index (χ3n) is 6.44. The van der Waals surface area contributed by atoms with E-state index < -0.39 is 0 Å². The molecule has 0 radical (unpaired) electrons. The van der Waals surface area contributed by atoms with Gasteiger partial charge in [0.05, 0.1) is 5.69 Å². The van der Waals surface area contributed by atoms with Gasteiger partial charge >= 0.3 is 0 Å². The zero-order valence-corrected chi connectivity index (χ0v) is 19.4. The highest BCUT2D eigenvalue weighted by atomic mass is 35.5. The van der Waals surface area contributed by atoms with Crippen LogP contribution >= 0.6 is 11.6 Å². The first-order chi connectivity index (χ1) is 16.0. The molecule has 0 unspecified atom stereocenters. The molecule has 4 heterocycles. The number of aromatic nitrogens is 5. The number of hydrogen-bond donors (Lipinski definition) is 2. The van der Waals surface area contributed by atoms with Gasteiger partial charge in [0, 0.05) is 47.9 Å². The molecule has 2 aliphatic rings. The Morgan fingerprint density at radius 2 is 2.12 bits per heavy atom. The molecular formula is C24H26ClN7O. The summed E-state index contributed by atoms with van der Waals surface area (Å²) in [5, 5.41) is 7.89. The van der Waals surface area contributed by atoms with Crippen LogP contribution in [0.15, 0.2) is 41.6 Å². The van der Waals surface area contributed by atoms with E-state index in [4.69, 9.17) is 16.6 Å². The van der Waals surface area contributed by atoms with Crippen LogP contribution in [0, 0.1) is 0 Å². The van der Waals surface area contributed by atoms with E-state index in [9.17, 15) is 4.79 Å². The summed E-state index contributed by atoms with van der Waals surface area (Å²) >= 11 is 6.53. The van der Waals surface area contributed by atoms with Crippen LogP contribution in [0.2, 0.25) is 5.02 Å². The van der Waals surface area contributed by atoms with E-state index in [2.05, 4.69) is 38.6 Å². The normalized spacial score (nSPS) is 15.9. The topological polar surface area (TPSA) is 81.7 Å². The molecule has 170 valence electrons. The van der Waals surface area contributed by atoms with Gasteiger partial charge in [0.2, 0.25) is 5.95 Å². The molecule has 8 nitrogen and oxygen atoms in total. The maximum absolute atomic E-state index is 13.2. The van der Waals surface area contributed by atoms with Crippen molar-refractivity contribution < 1.29 is 0 Å². The monoisotopic (exact) mass is 463 g/mol. The minimum absolute atomic E-state index is 0.0274. The second-order valence-corrected chi connectivity index (χ2v) is 9.59. The fraction of sp³-hybridized carbons (Fsp3) is 0.375. The lowest BCUT2D eigenvalue weighted by Gasteiger charge is -2.19. The minimum atomic E-state index is -0.0879. The summed E-state index contributed by atoms with van der Waals surface area (Å²) in [7, 11) is 0. The molecule has 0 bridgehead atoms. The lowest BCUT2D eigenvalue weighted by Crippen LogP contribution is -2.24. The van der Waals surface area contributed by atoms with Crippen molar-refractivity contribution in [3.8, 4) is 5.69 Å². The first-order valence-electron chi connectivity index (χ1n) is 11.5. The van der Waals surface area contributed by atoms with E-state index in [0.29, 0.717) is 23.0 Å². The zero-order chi connectivity index (χ0) is 22.7. The molecule has 1 aliphatic heterocycles. The summed E-state index contributed by atoms with van der Waals surface area (Å²) in [6.07, 6.45) is 9.13. The average Bonchev–Trinajstić information content (AvgIpc) is 3.46. The highest BCUT2D eigenvalue weighted by Gasteiger charge is 2.25. The molecule has 1 aromatic carbocycles. The van der Waals surface area contributed by atoms with Crippen molar-refractivity contribution in [2.24, 2.45) is 0 Å². The van der Waals surface area contributed by atoms with Crippen molar-refractivity contribution in [1.82, 2.24) is 29.2 Å². The second kappa shape index (κ2) is 7.74. The van der Waals surface area contributed by atoms with Crippen molar-refractivity contribution in [2.75, 3.05) is 11.9 Å². The van der Waals surface area contributed by atoms with Crippen molar-refractivity contribution in [3.63, 3.8) is 0 Å². The largest absolute Gasteiger partial charge is 0.349 e. The number of fused-ring (bicyclic) bond motifs is 2. The number of halogens is 1. The SMILES string of the molecule is CC(C)n1c(=O)c2cnc(Nc3cc(Cl)c4c(c3)CCNC4)nc2n1-c1ccn(C2CC2)c1. The molecule has 1 aliphatic carbocycles. The van der Waals surface area contributed by atoms with Gasteiger partial charge in [0.25, 0.3) is 5.56 Å². The quantitative estimate of drug-likeness (QED) is 0.460. The van der Waals surface area contributed by atoms with Gasteiger partial charge in [-0.3, -0.25) is 4.79 Å². The molecule has 0 amide bonds. The van der Waals surface area contributed by atoms with Gasteiger partial charge in [0.15, 0.2) is 5.65 Å². The van der Waals surface area contributed by atoms with E-state index in [-0.39, 0.29) is 11.6 Å². The number of anilines is 2. The van der Waals surface area contributed by atoms with E-state index in [1.807, 2.05) is 30.7 Å². The molecule has 0 atom stereocenters. The van der Waals surface area contributed by atoms with Gasteiger partial charge in [-0.2, -0.15) is 4.98 Å². The number of hydrogen-bond acceptors (Lipinski definition) is 5. The third kappa shape index (κ3) is 3.54. The van der Waals surface area contributed by atoms with Crippen LogP contribution in [0.5, 0.6) is 0 Å². The van der Waals surface area contributed by atoms with E-state index in [0.717, 1.165) is 41.5 Å². The molecule has 0 spiro atoms. The van der Waals surface area contributed by atoms with Crippen LogP contribution in [-0.4, -0.2) is 30.4 Å². The van der Waals surface area contributed by atoms with E-state index in [1.165, 1.54) is 18.4 Å². The van der Waals surface area contributed by atoms with Crippen LogP contribution in [0.1, 0.15) is 49.9 Å². The van der Waals surface area contributed by atoms with Crippen molar-refractivity contribution in [3.05, 3.63) is 63.3 Å². The maximum atomic E-state index is 13.2. The summed E-state index contributed by atoms with van der Waals surface area (Å²) in [4.78, 5) is 22.4. The van der Waals surface area contributed by atoms with Crippen LogP contribution in [0.25, 0.3) is 16.7 Å². The van der Waals surface area contributed by atoms with E-state index in [1.54, 1.807) is 10.9 Å². The molecule has 33 heavy (non-hydrogen) atoms. The van der Waals surface area contributed by atoms with Gasteiger partial charge in [0.1, 0.15) is 5.39 Å². The fourth-order valence-electron chi connectivity index (χ4n) is 4.65. The Bertz CT molecular complexity index is 1430. The molecule has 2 N–H and O–H groups in total. The number of nitrogens with zero attached hydrogens (tertiary/aromatic N) is 5. The Morgan fingerprint density at radius 3 is 2.91 bits per heavy atom. The highest BCUT2D eigenvalue weighted by Crippen LogP contribution is 2.36. The van der Waals surface area contributed by atoms with Gasteiger partial charge in [-0.25, -0.2) is 14.3 Å². The molecule has 6 rings (SSSR count). The molecule has 3 aromatic heterocycles. The number of nitrogens with one attached hydrogen (secondary N) is 2. The predicted octanol–water partition coefficient (Wildman–Crippen LogP) is 4.34. The molecule has 1 saturated carbocycles. The maximum Gasteiger partial charge on any atom is 0.278 e. The lowest BCUT2D eigenvalue weighted by molar-refractivity contribution is 0.475. The van der Waals surface area contributed by atoms with Crippen LogP contribution in [0.3, 0.4) is 0 Å². The van der Waals surface area contributed by atoms with Gasteiger partial charge in [-0.15, -0.1) is 0 Å². The Morgan fingerprint density at radius 1 is 1.27 bits per heavy atom. The Balaban J connectivity index is 1.45. The predicted molar refractivity (Wildman–Crippen MR) is 130 cm³/mol. The van der Waals surface area contributed by atoms with Crippen molar-refractivity contribution in [1.29, 1.82) is 0 Å². The molecular weight excluding hydrogens is 438 g/mol. The Labute approximate surface area is 196 Å². The Hall–Kier alpha value is -3.10. The van der Waals surface area contributed by atoms with Crippen molar-refractivity contribution >= 4 is 34.3 Å². The van der Waals surface area contributed by atoms with Gasteiger partial charge in [-0.05, 0) is 69.0 Å². The summed E-state index contributed by atoms with van der Waals surface area (Å²) in [6, 6.07) is 6.60. The smallest absolute Gasteiger partial charge is 0.278 e. The summed E-state index contributed by atoms with van der Waals surface area (Å²) in [6.45, 7) is 5.73. The third-order valence-corrected chi connectivity index (χ3v) is 6.78. The minimum Gasteiger partial charge on any atom is -0.349 e. The van der Waals surface area contributed by atoms with Crippen LogP contribution in [0.4, 0.5) is 11.6 Å². The first-order valence-corrected chi connectivity index (χ1v) is 11.8. The summed E-state index contributed by atoms with van der Waals surface area (Å²) in [5.74, 6) is 0.434. The van der Waals surface area contributed by atoms with Gasteiger partial charge in [-0.1, -0.05) is 11.6 Å². The lowest BCUT2D eigenvalue weighted by atomic mass is 10.0. The van der Waals surface area contributed by atoms with Crippen molar-refractivity contribution in [2.45, 2.75) is 51.7 Å². The second-order valence-electron chi connectivity index (χ2n) is 9.18. The molecule has 0 saturated heterocycles. The number of rotatable bonds is 5.